The predicted octanol–water partition coefficient (Wildman–Crippen LogP) is 0.924. The third kappa shape index (κ3) is 3.22. The maximum atomic E-state index is 12.4. The van der Waals surface area contributed by atoms with E-state index in [9.17, 15) is 4.79 Å². The summed E-state index contributed by atoms with van der Waals surface area (Å²) in [5, 5.41) is 3.05. The first-order valence-electron chi connectivity index (χ1n) is 6.85. The van der Waals surface area contributed by atoms with Crippen molar-refractivity contribution in [2.24, 2.45) is 5.92 Å². The van der Waals surface area contributed by atoms with Gasteiger partial charge < -0.3 is 19.7 Å². The SMILES string of the molecule is CNCCN(C)C(=O)C1COc2ccc(OC)cc2C1. The second kappa shape index (κ2) is 6.61. The van der Waals surface area contributed by atoms with Crippen LogP contribution in [0.2, 0.25) is 0 Å². The molecule has 5 nitrogen and oxygen atoms in total. The molecule has 0 aliphatic carbocycles. The maximum absolute atomic E-state index is 12.4. The molecule has 0 saturated heterocycles. The second-order valence-corrected chi connectivity index (χ2v) is 5.05. The fraction of sp³-hybridized carbons (Fsp3) is 0.533. The first kappa shape index (κ1) is 14.7. The van der Waals surface area contributed by atoms with Crippen LogP contribution in [0.5, 0.6) is 11.5 Å². The van der Waals surface area contributed by atoms with E-state index in [0.717, 1.165) is 23.6 Å². The zero-order valence-corrected chi connectivity index (χ0v) is 12.3. The number of nitrogens with zero attached hydrogens (tertiary/aromatic N) is 1. The van der Waals surface area contributed by atoms with Crippen LogP contribution in [0.1, 0.15) is 5.56 Å². The number of amides is 1. The smallest absolute Gasteiger partial charge is 0.229 e. The zero-order valence-electron chi connectivity index (χ0n) is 12.3. The molecule has 0 spiro atoms. The van der Waals surface area contributed by atoms with E-state index >= 15 is 0 Å². The molecule has 1 amide bonds. The number of carbonyl (C=O) groups excluding carboxylic acids is 1. The van der Waals surface area contributed by atoms with Gasteiger partial charge in [-0.1, -0.05) is 0 Å². The van der Waals surface area contributed by atoms with Crippen molar-refractivity contribution >= 4 is 5.91 Å². The lowest BCUT2D eigenvalue weighted by molar-refractivity contribution is -0.135. The van der Waals surface area contributed by atoms with E-state index in [1.54, 1.807) is 12.0 Å². The van der Waals surface area contributed by atoms with Gasteiger partial charge in [-0.2, -0.15) is 0 Å². The Balaban J connectivity index is 2.04. The van der Waals surface area contributed by atoms with Gasteiger partial charge in [0.1, 0.15) is 18.1 Å². The van der Waals surface area contributed by atoms with Crippen molar-refractivity contribution < 1.29 is 14.3 Å². The van der Waals surface area contributed by atoms with Crippen molar-refractivity contribution in [2.75, 3.05) is 40.9 Å². The van der Waals surface area contributed by atoms with Gasteiger partial charge in [0.05, 0.1) is 13.0 Å². The Morgan fingerprint density at radius 3 is 3.05 bits per heavy atom. The Labute approximate surface area is 119 Å². The number of ether oxygens (including phenoxy) is 2. The molecule has 2 rings (SSSR count). The van der Waals surface area contributed by atoms with Crippen LogP contribution in [0, 0.1) is 5.92 Å². The van der Waals surface area contributed by atoms with Crippen LogP contribution in [0.4, 0.5) is 0 Å². The highest BCUT2D eigenvalue weighted by molar-refractivity contribution is 5.79. The molecule has 0 radical (unpaired) electrons. The van der Waals surface area contributed by atoms with E-state index in [2.05, 4.69) is 5.32 Å². The van der Waals surface area contributed by atoms with Crippen molar-refractivity contribution in [3.05, 3.63) is 23.8 Å². The molecule has 1 N–H and O–H groups in total. The Bertz CT molecular complexity index is 476. The number of benzene rings is 1. The summed E-state index contributed by atoms with van der Waals surface area (Å²) >= 11 is 0. The number of likely N-dealkylation sites (N-methyl/N-ethyl adjacent to an activating group) is 2. The molecule has 20 heavy (non-hydrogen) atoms. The van der Waals surface area contributed by atoms with E-state index in [0.29, 0.717) is 19.6 Å². The molecule has 0 bridgehead atoms. The molecule has 0 fully saturated rings. The van der Waals surface area contributed by atoms with Crippen molar-refractivity contribution in [3.8, 4) is 11.5 Å². The molecule has 1 aliphatic heterocycles. The highest BCUT2D eigenvalue weighted by Gasteiger charge is 2.28. The van der Waals surface area contributed by atoms with E-state index < -0.39 is 0 Å². The van der Waals surface area contributed by atoms with Crippen LogP contribution in [-0.2, 0) is 11.2 Å². The maximum Gasteiger partial charge on any atom is 0.229 e. The number of rotatable bonds is 5. The topological polar surface area (TPSA) is 50.8 Å². The minimum atomic E-state index is -0.114. The van der Waals surface area contributed by atoms with Crippen molar-refractivity contribution in [1.29, 1.82) is 0 Å². The first-order valence-corrected chi connectivity index (χ1v) is 6.85. The molecule has 1 heterocycles. The molecule has 0 aromatic heterocycles. The van der Waals surface area contributed by atoms with E-state index in [-0.39, 0.29) is 11.8 Å². The van der Waals surface area contributed by atoms with Crippen molar-refractivity contribution in [3.63, 3.8) is 0 Å². The highest BCUT2D eigenvalue weighted by Crippen LogP contribution is 2.31. The van der Waals surface area contributed by atoms with Gasteiger partial charge in [-0.25, -0.2) is 0 Å². The molecule has 1 unspecified atom stereocenters. The van der Waals surface area contributed by atoms with Gasteiger partial charge in [0.25, 0.3) is 0 Å². The van der Waals surface area contributed by atoms with Crippen LogP contribution in [-0.4, -0.2) is 51.7 Å². The summed E-state index contributed by atoms with van der Waals surface area (Å²) in [4.78, 5) is 14.1. The van der Waals surface area contributed by atoms with Crippen molar-refractivity contribution in [1.82, 2.24) is 10.2 Å². The minimum Gasteiger partial charge on any atom is -0.497 e. The molecule has 1 aromatic rings. The summed E-state index contributed by atoms with van der Waals surface area (Å²) in [6.45, 7) is 1.94. The minimum absolute atomic E-state index is 0.114. The summed E-state index contributed by atoms with van der Waals surface area (Å²) in [5.41, 5.74) is 1.04. The number of nitrogens with one attached hydrogen (secondary N) is 1. The molecular formula is C15H22N2O3. The Hall–Kier alpha value is -1.75. The molecule has 1 aromatic carbocycles. The molecule has 1 aliphatic rings. The molecule has 1 atom stereocenters. The van der Waals surface area contributed by atoms with Gasteiger partial charge in [0.15, 0.2) is 0 Å². The van der Waals surface area contributed by atoms with E-state index in [1.165, 1.54) is 0 Å². The predicted molar refractivity (Wildman–Crippen MR) is 77.2 cm³/mol. The number of hydrogen-bond donors (Lipinski definition) is 1. The molecule has 0 saturated carbocycles. The van der Waals surface area contributed by atoms with Crippen LogP contribution >= 0.6 is 0 Å². The summed E-state index contributed by atoms with van der Waals surface area (Å²) < 4.78 is 10.9. The average Bonchev–Trinajstić information content (AvgIpc) is 2.50. The lowest BCUT2D eigenvalue weighted by atomic mass is 9.95. The Morgan fingerprint density at radius 2 is 2.35 bits per heavy atom. The Morgan fingerprint density at radius 1 is 1.55 bits per heavy atom. The molecular weight excluding hydrogens is 256 g/mol. The standard InChI is InChI=1S/C15H22N2O3/c1-16-6-7-17(2)15(18)12-8-11-9-13(19-3)4-5-14(11)20-10-12/h4-5,9,12,16H,6-8,10H2,1-3H3. The van der Waals surface area contributed by atoms with E-state index in [1.807, 2.05) is 32.3 Å². The average molecular weight is 278 g/mol. The summed E-state index contributed by atoms with van der Waals surface area (Å²) in [6.07, 6.45) is 0.704. The summed E-state index contributed by atoms with van der Waals surface area (Å²) in [6, 6.07) is 5.72. The lowest BCUT2D eigenvalue weighted by Gasteiger charge is -2.28. The third-order valence-electron chi connectivity index (χ3n) is 3.60. The van der Waals surface area contributed by atoms with Crippen LogP contribution < -0.4 is 14.8 Å². The highest BCUT2D eigenvalue weighted by atomic mass is 16.5. The fourth-order valence-electron chi connectivity index (χ4n) is 2.36. The zero-order chi connectivity index (χ0) is 14.5. The van der Waals surface area contributed by atoms with Gasteiger partial charge in [0.2, 0.25) is 5.91 Å². The lowest BCUT2D eigenvalue weighted by Crippen LogP contribution is -2.41. The largest absolute Gasteiger partial charge is 0.497 e. The van der Waals surface area contributed by atoms with Gasteiger partial charge in [-0.05, 0) is 37.2 Å². The normalized spacial score (nSPS) is 17.1. The quantitative estimate of drug-likeness (QED) is 0.870. The van der Waals surface area contributed by atoms with Gasteiger partial charge in [-0.15, -0.1) is 0 Å². The first-order chi connectivity index (χ1) is 9.65. The van der Waals surface area contributed by atoms with Crippen LogP contribution in [0.15, 0.2) is 18.2 Å². The van der Waals surface area contributed by atoms with Gasteiger partial charge in [0, 0.05) is 20.1 Å². The van der Waals surface area contributed by atoms with Crippen LogP contribution in [0.25, 0.3) is 0 Å². The number of hydrogen-bond acceptors (Lipinski definition) is 4. The number of methoxy groups -OCH3 is 1. The Kier molecular flexibility index (Phi) is 4.84. The second-order valence-electron chi connectivity index (χ2n) is 5.05. The number of carbonyl (C=O) groups is 1. The van der Waals surface area contributed by atoms with Crippen molar-refractivity contribution in [2.45, 2.75) is 6.42 Å². The summed E-state index contributed by atoms with van der Waals surface area (Å²) in [5.74, 6) is 1.67. The van der Waals surface area contributed by atoms with Crippen LogP contribution in [0.3, 0.4) is 0 Å². The number of fused-ring (bicyclic) bond motifs is 1. The molecule has 5 heteroatoms. The third-order valence-corrected chi connectivity index (χ3v) is 3.60. The monoisotopic (exact) mass is 278 g/mol. The molecule has 110 valence electrons. The summed E-state index contributed by atoms with van der Waals surface area (Å²) in [7, 11) is 5.35. The van der Waals surface area contributed by atoms with E-state index in [4.69, 9.17) is 9.47 Å². The van der Waals surface area contributed by atoms with Gasteiger partial charge in [-0.3, -0.25) is 4.79 Å². The van der Waals surface area contributed by atoms with Gasteiger partial charge >= 0.3 is 0 Å². The fourth-order valence-corrected chi connectivity index (χ4v) is 2.36.